The molecule has 0 unspecified atom stereocenters. The molecule has 0 bridgehead atoms. The zero-order valence-electron chi connectivity index (χ0n) is 24.0. The van der Waals surface area contributed by atoms with Gasteiger partial charge in [-0.2, -0.15) is 0 Å². The average Bonchev–Trinajstić information content (AvgIpc) is 2.92. The van der Waals surface area contributed by atoms with Gasteiger partial charge in [0.2, 0.25) is 0 Å². The Kier molecular flexibility index (Phi) is 7.04. The van der Waals surface area contributed by atoms with E-state index in [2.05, 4.69) is 68.6 Å². The Morgan fingerprint density at radius 3 is 2.46 bits per heavy atom. The molecule has 5 nitrogen and oxygen atoms in total. The Morgan fingerprint density at radius 2 is 1.76 bits per heavy atom. The molecule has 6 rings (SSSR count). The van der Waals surface area contributed by atoms with E-state index in [0.29, 0.717) is 22.5 Å². The van der Waals surface area contributed by atoms with E-state index in [1.54, 1.807) is 6.07 Å². The summed E-state index contributed by atoms with van der Waals surface area (Å²) in [7, 11) is 0. The molecule has 5 aromatic rings. The van der Waals surface area contributed by atoms with Gasteiger partial charge in [-0.1, -0.05) is 76.6 Å². The Labute approximate surface area is 256 Å². The zero-order chi connectivity index (χ0) is 28.4. The number of aryl methyl sites for hydroxylation is 1. The summed E-state index contributed by atoms with van der Waals surface area (Å²) in [5.41, 5.74) is 7.95. The summed E-state index contributed by atoms with van der Waals surface area (Å²) in [6.45, 7) is 21.0. The van der Waals surface area contributed by atoms with Gasteiger partial charge in [-0.3, -0.25) is 9.83 Å². The van der Waals surface area contributed by atoms with Crippen LogP contribution in [0.25, 0.3) is 27.0 Å². The van der Waals surface area contributed by atoms with E-state index in [9.17, 15) is 5.11 Å². The predicted molar refractivity (Wildman–Crippen MR) is 162 cm³/mol. The number of phenols is 1. The van der Waals surface area contributed by atoms with Crippen molar-refractivity contribution in [2.45, 2.75) is 52.4 Å². The van der Waals surface area contributed by atoms with Gasteiger partial charge in [-0.25, -0.2) is 4.98 Å². The molecular weight excluding hydrogens is 687 g/mol. The van der Waals surface area contributed by atoms with E-state index in [1.165, 1.54) is 0 Å². The van der Waals surface area contributed by atoms with Gasteiger partial charge in [-0.15, -0.1) is 17.7 Å². The number of hydrogen-bond acceptors (Lipinski definition) is 4. The molecule has 41 heavy (non-hydrogen) atoms. The number of anilines is 3. The van der Waals surface area contributed by atoms with Crippen molar-refractivity contribution in [2.24, 2.45) is 0 Å². The maximum absolute atomic E-state index is 10.8. The van der Waals surface area contributed by atoms with Crippen LogP contribution >= 0.6 is 0 Å². The van der Waals surface area contributed by atoms with Crippen LogP contribution in [0.2, 0.25) is 0 Å². The summed E-state index contributed by atoms with van der Waals surface area (Å²) in [5.74, 6) is 0.904. The van der Waals surface area contributed by atoms with E-state index >= 15 is 0 Å². The Hall–Kier alpha value is -4.00. The first-order chi connectivity index (χ1) is 19.0. The molecule has 1 aliphatic rings. The van der Waals surface area contributed by atoms with Crippen molar-refractivity contribution in [1.29, 1.82) is 0 Å². The maximum atomic E-state index is 10.8. The summed E-state index contributed by atoms with van der Waals surface area (Å²) in [4.78, 5) is 15.8. The summed E-state index contributed by atoms with van der Waals surface area (Å²) in [5, 5.41) is 11.7. The van der Waals surface area contributed by atoms with Crippen LogP contribution in [0.15, 0.2) is 72.9 Å². The SMILES string of the molecule is [C-]#[N+]c1cc(-c2ccc3c(C(C)(C)C)ccc(O)c3n2)[c-]c2c1C(C)(C)c1ccccc1N2c1cc(C)ccn1.[Pt]. The summed E-state index contributed by atoms with van der Waals surface area (Å²) in [6, 6.07) is 25.5. The monoisotopic (exact) mass is 718 g/mol. The molecule has 208 valence electrons. The third kappa shape index (κ3) is 4.61. The van der Waals surface area contributed by atoms with Gasteiger partial charge in [0, 0.05) is 38.3 Å². The number of nitrogens with zero attached hydrogens (tertiary/aromatic N) is 4. The van der Waals surface area contributed by atoms with Crippen molar-refractivity contribution >= 4 is 33.8 Å². The maximum Gasteiger partial charge on any atom is 0.140 e. The van der Waals surface area contributed by atoms with E-state index in [4.69, 9.17) is 16.5 Å². The van der Waals surface area contributed by atoms with Crippen LogP contribution < -0.4 is 4.90 Å². The van der Waals surface area contributed by atoms with E-state index < -0.39 is 5.41 Å². The van der Waals surface area contributed by atoms with Crippen LogP contribution in [0.3, 0.4) is 0 Å². The largest absolute Gasteiger partial charge is 0.506 e. The van der Waals surface area contributed by atoms with E-state index in [-0.39, 0.29) is 32.2 Å². The Bertz CT molecular complexity index is 1860. The number of aromatic nitrogens is 2. The van der Waals surface area contributed by atoms with Gasteiger partial charge in [0.25, 0.3) is 0 Å². The molecular formula is C35H31N4OPt-. The average molecular weight is 719 g/mol. The summed E-state index contributed by atoms with van der Waals surface area (Å²) in [6.07, 6.45) is 1.81. The fraction of sp³-hybridized carbons (Fsp3) is 0.229. The first-order valence-corrected chi connectivity index (χ1v) is 13.4. The molecule has 1 aliphatic heterocycles. The molecule has 0 aliphatic carbocycles. The molecule has 3 aromatic carbocycles. The number of hydrogen-bond donors (Lipinski definition) is 1. The van der Waals surface area contributed by atoms with E-state index in [0.717, 1.165) is 44.8 Å². The Morgan fingerprint density at radius 1 is 1.00 bits per heavy atom. The smallest absolute Gasteiger partial charge is 0.140 e. The van der Waals surface area contributed by atoms with Crippen molar-refractivity contribution < 1.29 is 26.2 Å². The second-order valence-electron chi connectivity index (χ2n) is 12.0. The molecule has 0 fully saturated rings. The number of phenolic OH excluding ortho intramolecular Hbond substituents is 1. The number of pyridine rings is 2. The first-order valence-electron chi connectivity index (χ1n) is 13.4. The minimum atomic E-state index is -0.433. The summed E-state index contributed by atoms with van der Waals surface area (Å²) < 4.78 is 0. The molecule has 0 saturated carbocycles. The van der Waals surface area contributed by atoms with Crippen molar-refractivity contribution in [3.05, 3.63) is 113 Å². The van der Waals surface area contributed by atoms with Crippen LogP contribution in [-0.2, 0) is 31.9 Å². The first kappa shape index (κ1) is 28.5. The molecule has 3 heterocycles. The second kappa shape index (κ2) is 10.1. The second-order valence-corrected chi connectivity index (χ2v) is 12.0. The summed E-state index contributed by atoms with van der Waals surface area (Å²) >= 11 is 0. The van der Waals surface area contributed by atoms with Gasteiger partial charge >= 0.3 is 0 Å². The van der Waals surface area contributed by atoms with E-state index in [1.807, 2.05) is 55.6 Å². The molecule has 0 amide bonds. The fourth-order valence-electron chi connectivity index (χ4n) is 5.91. The van der Waals surface area contributed by atoms with Crippen LogP contribution in [-0.4, -0.2) is 15.1 Å². The number of rotatable bonds is 2. The minimum absolute atomic E-state index is 0. The van der Waals surface area contributed by atoms with Crippen LogP contribution in [0.5, 0.6) is 5.75 Å². The van der Waals surface area contributed by atoms with Gasteiger partial charge in [-0.05, 0) is 70.1 Å². The zero-order valence-corrected chi connectivity index (χ0v) is 26.3. The quantitative estimate of drug-likeness (QED) is 0.185. The number of fused-ring (bicyclic) bond motifs is 3. The molecule has 1 N–H and O–H groups in total. The van der Waals surface area contributed by atoms with Crippen molar-refractivity contribution in [3.8, 4) is 17.0 Å². The van der Waals surface area contributed by atoms with Gasteiger partial charge in [0.05, 0.1) is 6.57 Å². The molecule has 6 heteroatoms. The van der Waals surface area contributed by atoms with Crippen molar-refractivity contribution in [1.82, 2.24) is 9.97 Å². The van der Waals surface area contributed by atoms with Crippen molar-refractivity contribution in [2.75, 3.05) is 4.90 Å². The third-order valence-corrected chi connectivity index (χ3v) is 7.86. The number of benzene rings is 3. The minimum Gasteiger partial charge on any atom is -0.506 e. The molecule has 2 aromatic heterocycles. The predicted octanol–water partition coefficient (Wildman–Crippen LogP) is 9.07. The normalized spacial score (nSPS) is 13.6. The number of aromatic hydroxyl groups is 1. The molecule has 0 atom stereocenters. The topological polar surface area (TPSA) is 53.6 Å². The third-order valence-electron chi connectivity index (χ3n) is 7.86. The van der Waals surface area contributed by atoms with Gasteiger partial charge in [0.15, 0.2) is 0 Å². The van der Waals surface area contributed by atoms with Crippen LogP contribution in [0.1, 0.15) is 56.9 Å². The standard InChI is InChI=1S/C35H31N4O.Pt/c1-21-16-17-37-31(18-21)39-28-11-9-8-10-25(28)35(5,6)32-27(36-7)19-22(20-29(32)39)26-14-12-23-24(34(2,3)4)13-15-30(40)33(23)38-26;/h8-19,40H,1-6H3;/q-1;. The molecule has 0 saturated heterocycles. The van der Waals surface area contributed by atoms with Gasteiger partial charge in [0.1, 0.15) is 22.8 Å². The van der Waals surface area contributed by atoms with Crippen molar-refractivity contribution in [3.63, 3.8) is 0 Å². The van der Waals surface area contributed by atoms with Gasteiger partial charge < -0.3 is 10.0 Å². The molecule has 0 radical (unpaired) electrons. The fourth-order valence-corrected chi connectivity index (χ4v) is 5.91. The number of para-hydroxylation sites is 1. The Balaban J connectivity index is 0.00000337. The van der Waals surface area contributed by atoms with Crippen LogP contribution in [0.4, 0.5) is 22.9 Å². The van der Waals surface area contributed by atoms with Crippen LogP contribution in [0, 0.1) is 19.6 Å². The molecule has 0 spiro atoms.